The number of nitrogens with zero attached hydrogens (tertiary/aromatic N) is 2. The fraction of sp³-hybridized carbons (Fsp3) is 0.500. The number of piperazine rings is 1. The van der Waals surface area contributed by atoms with Gasteiger partial charge in [0.2, 0.25) is 0 Å². The minimum atomic E-state index is -0.659. The van der Waals surface area contributed by atoms with E-state index < -0.39 is 5.60 Å². The van der Waals surface area contributed by atoms with Crippen LogP contribution in [0.2, 0.25) is 10.0 Å². The Hall–Kier alpha value is -1.26. The zero-order chi connectivity index (χ0) is 20.3. The number of hydrogen-bond donors (Lipinski definition) is 1. The molecule has 2 aliphatic rings. The molecule has 2 unspecified atom stereocenters. The van der Waals surface area contributed by atoms with Crippen molar-refractivity contribution in [3.8, 4) is 0 Å². The molecule has 0 radical (unpaired) electrons. The molecule has 0 aromatic heterocycles. The van der Waals surface area contributed by atoms with Gasteiger partial charge >= 0.3 is 0 Å². The topological polar surface area (TPSA) is 26.7 Å². The van der Waals surface area contributed by atoms with Crippen molar-refractivity contribution in [1.82, 2.24) is 4.90 Å². The summed E-state index contributed by atoms with van der Waals surface area (Å²) >= 11 is 12.6. The summed E-state index contributed by atoms with van der Waals surface area (Å²) in [4.78, 5) is 4.92. The molecule has 3 nitrogen and oxygen atoms in total. The molecular formula is C24H30Cl2N2O. The number of halogens is 2. The maximum atomic E-state index is 11.6. The number of anilines is 1. The standard InChI is InChI=1S/C24H30Cl2N2O/c25-21-8-5-9-22(16-21)28-14-12-27(13-15-28)18-20-7-3-4-11-24(20,29)17-19-6-1-2-10-23(19)26/h1-2,5-6,8-10,16,20,29H,3-4,7,11-15,17-18H2. The summed E-state index contributed by atoms with van der Waals surface area (Å²) in [6.07, 6.45) is 4.92. The lowest BCUT2D eigenvalue weighted by Gasteiger charge is -2.44. The van der Waals surface area contributed by atoms with E-state index in [2.05, 4.69) is 21.9 Å². The van der Waals surface area contributed by atoms with Crippen LogP contribution in [0.25, 0.3) is 0 Å². The molecule has 0 amide bonds. The lowest BCUT2D eigenvalue weighted by molar-refractivity contribution is -0.0595. The van der Waals surface area contributed by atoms with Crippen molar-refractivity contribution < 1.29 is 5.11 Å². The van der Waals surface area contributed by atoms with Crippen molar-refractivity contribution in [2.45, 2.75) is 37.7 Å². The summed E-state index contributed by atoms with van der Waals surface area (Å²) in [5.41, 5.74) is 1.60. The van der Waals surface area contributed by atoms with E-state index in [1.54, 1.807) is 0 Å². The van der Waals surface area contributed by atoms with Gasteiger partial charge in [-0.3, -0.25) is 4.90 Å². The third kappa shape index (κ3) is 5.08. The first-order valence-corrected chi connectivity index (χ1v) is 11.5. The van der Waals surface area contributed by atoms with Crippen LogP contribution in [-0.4, -0.2) is 48.3 Å². The Morgan fingerprint density at radius 3 is 2.52 bits per heavy atom. The Morgan fingerprint density at radius 1 is 0.966 bits per heavy atom. The highest BCUT2D eigenvalue weighted by atomic mass is 35.5. The highest BCUT2D eigenvalue weighted by Crippen LogP contribution is 2.38. The second-order valence-corrected chi connectivity index (χ2v) is 9.43. The van der Waals surface area contributed by atoms with E-state index >= 15 is 0 Å². The van der Waals surface area contributed by atoms with Crippen molar-refractivity contribution in [2.24, 2.45) is 5.92 Å². The first kappa shape index (κ1) is 21.0. The van der Waals surface area contributed by atoms with Crippen molar-refractivity contribution in [1.29, 1.82) is 0 Å². The van der Waals surface area contributed by atoms with Gasteiger partial charge in [-0.05, 0) is 42.7 Å². The third-order valence-corrected chi connectivity index (χ3v) is 7.25. The smallest absolute Gasteiger partial charge is 0.0728 e. The summed E-state index contributed by atoms with van der Waals surface area (Å²) in [7, 11) is 0. The fourth-order valence-electron chi connectivity index (χ4n) is 4.93. The van der Waals surface area contributed by atoms with E-state index in [0.717, 1.165) is 67.6 Å². The van der Waals surface area contributed by atoms with Crippen molar-refractivity contribution >= 4 is 28.9 Å². The molecule has 1 saturated heterocycles. The van der Waals surface area contributed by atoms with Crippen molar-refractivity contribution in [3.05, 3.63) is 64.1 Å². The normalized spacial score (nSPS) is 25.9. The predicted octanol–water partition coefficient (Wildman–Crippen LogP) is 5.28. The van der Waals surface area contributed by atoms with Gasteiger partial charge < -0.3 is 10.0 Å². The van der Waals surface area contributed by atoms with Crippen molar-refractivity contribution in [3.63, 3.8) is 0 Å². The zero-order valence-corrected chi connectivity index (χ0v) is 18.4. The van der Waals surface area contributed by atoms with Crippen LogP contribution in [0.5, 0.6) is 0 Å². The van der Waals surface area contributed by atoms with Crippen LogP contribution >= 0.6 is 23.2 Å². The molecule has 1 heterocycles. The summed E-state index contributed by atoms with van der Waals surface area (Å²) in [6, 6.07) is 16.0. The van der Waals surface area contributed by atoms with Crippen LogP contribution < -0.4 is 4.90 Å². The Kier molecular flexibility index (Phi) is 6.70. The molecule has 1 aliphatic carbocycles. The monoisotopic (exact) mass is 432 g/mol. The van der Waals surface area contributed by atoms with E-state index in [1.807, 2.05) is 36.4 Å². The fourth-order valence-corrected chi connectivity index (χ4v) is 5.32. The minimum Gasteiger partial charge on any atom is -0.389 e. The maximum absolute atomic E-state index is 11.6. The first-order chi connectivity index (χ1) is 14.0. The number of rotatable bonds is 5. The van der Waals surface area contributed by atoms with Gasteiger partial charge in [-0.15, -0.1) is 0 Å². The minimum absolute atomic E-state index is 0.297. The van der Waals surface area contributed by atoms with Gasteiger partial charge in [-0.2, -0.15) is 0 Å². The SMILES string of the molecule is OC1(Cc2ccccc2Cl)CCCCC1CN1CCN(c2cccc(Cl)c2)CC1. The Bertz CT molecular complexity index is 822. The van der Waals surface area contributed by atoms with Gasteiger partial charge in [0.25, 0.3) is 0 Å². The molecule has 1 aliphatic heterocycles. The maximum Gasteiger partial charge on any atom is 0.0728 e. The van der Waals surface area contributed by atoms with E-state index in [-0.39, 0.29) is 0 Å². The van der Waals surface area contributed by atoms with Gasteiger partial charge in [0, 0.05) is 60.8 Å². The molecular weight excluding hydrogens is 403 g/mol. The van der Waals surface area contributed by atoms with E-state index in [1.165, 1.54) is 12.1 Å². The molecule has 4 rings (SSSR count). The molecule has 0 bridgehead atoms. The van der Waals surface area contributed by atoms with Crippen LogP contribution in [0.15, 0.2) is 48.5 Å². The molecule has 0 spiro atoms. The molecule has 2 fully saturated rings. The average Bonchev–Trinajstić information content (AvgIpc) is 2.72. The van der Waals surface area contributed by atoms with Crippen LogP contribution in [0.1, 0.15) is 31.2 Å². The summed E-state index contributed by atoms with van der Waals surface area (Å²) in [5.74, 6) is 0.297. The van der Waals surface area contributed by atoms with E-state index in [4.69, 9.17) is 23.2 Å². The highest BCUT2D eigenvalue weighted by molar-refractivity contribution is 6.31. The summed E-state index contributed by atoms with van der Waals surface area (Å²) in [5, 5.41) is 13.1. The van der Waals surface area contributed by atoms with Gasteiger partial charge in [-0.25, -0.2) is 0 Å². The molecule has 2 aromatic carbocycles. The Morgan fingerprint density at radius 2 is 1.76 bits per heavy atom. The van der Waals surface area contributed by atoms with Crippen molar-refractivity contribution in [2.75, 3.05) is 37.6 Å². The van der Waals surface area contributed by atoms with Gasteiger partial charge in [0.15, 0.2) is 0 Å². The second kappa shape index (κ2) is 9.26. The molecule has 1 saturated carbocycles. The molecule has 5 heteroatoms. The molecule has 29 heavy (non-hydrogen) atoms. The van der Waals surface area contributed by atoms with E-state index in [0.29, 0.717) is 12.3 Å². The van der Waals surface area contributed by atoms with Crippen LogP contribution in [0.3, 0.4) is 0 Å². The first-order valence-electron chi connectivity index (χ1n) is 10.7. The largest absolute Gasteiger partial charge is 0.389 e. The predicted molar refractivity (Wildman–Crippen MR) is 122 cm³/mol. The summed E-state index contributed by atoms with van der Waals surface area (Å²) in [6.45, 7) is 4.99. The second-order valence-electron chi connectivity index (χ2n) is 8.58. The van der Waals surface area contributed by atoms with Crippen LogP contribution in [0.4, 0.5) is 5.69 Å². The molecule has 1 N–H and O–H groups in total. The van der Waals surface area contributed by atoms with E-state index in [9.17, 15) is 5.11 Å². The van der Waals surface area contributed by atoms with Gasteiger partial charge in [0.1, 0.15) is 0 Å². The van der Waals surface area contributed by atoms with Crippen LogP contribution in [0, 0.1) is 5.92 Å². The highest BCUT2D eigenvalue weighted by Gasteiger charge is 2.40. The zero-order valence-electron chi connectivity index (χ0n) is 16.9. The Labute approximate surface area is 184 Å². The quantitative estimate of drug-likeness (QED) is 0.695. The summed E-state index contributed by atoms with van der Waals surface area (Å²) < 4.78 is 0. The average molecular weight is 433 g/mol. The third-order valence-electron chi connectivity index (χ3n) is 6.65. The molecule has 2 atom stereocenters. The molecule has 156 valence electrons. The Balaban J connectivity index is 1.38. The number of benzene rings is 2. The van der Waals surface area contributed by atoms with Gasteiger partial charge in [-0.1, -0.05) is 60.3 Å². The number of hydrogen-bond acceptors (Lipinski definition) is 3. The van der Waals surface area contributed by atoms with Gasteiger partial charge in [0.05, 0.1) is 5.60 Å². The lowest BCUT2D eigenvalue weighted by Crippen LogP contribution is -2.52. The lowest BCUT2D eigenvalue weighted by atomic mass is 9.72. The molecule has 2 aromatic rings. The number of aliphatic hydroxyl groups is 1. The van der Waals surface area contributed by atoms with Crippen LogP contribution in [-0.2, 0) is 6.42 Å².